The van der Waals surface area contributed by atoms with Crippen LogP contribution < -0.4 is 10.5 Å². The minimum Gasteiger partial charge on any atom is -0.493 e. The lowest BCUT2D eigenvalue weighted by Crippen LogP contribution is -2.14. The number of halogens is 1. The van der Waals surface area contributed by atoms with Crippen molar-refractivity contribution in [3.05, 3.63) is 28.3 Å². The van der Waals surface area contributed by atoms with Gasteiger partial charge in [-0.3, -0.25) is 0 Å². The summed E-state index contributed by atoms with van der Waals surface area (Å²) in [6.45, 7) is 2.73. The molecule has 0 aliphatic carbocycles. The quantitative estimate of drug-likeness (QED) is 0.775. The van der Waals surface area contributed by atoms with Crippen molar-refractivity contribution in [3.8, 4) is 5.75 Å². The van der Waals surface area contributed by atoms with E-state index in [-0.39, 0.29) is 6.04 Å². The number of aryl methyl sites for hydroxylation is 1. The van der Waals surface area contributed by atoms with Crippen LogP contribution in [0.4, 0.5) is 0 Å². The van der Waals surface area contributed by atoms with Crippen LogP contribution in [0, 0.1) is 0 Å². The molecule has 0 bridgehead atoms. The maximum atomic E-state index is 6.01. The Bertz CT molecular complexity index is 349. The lowest BCUT2D eigenvalue weighted by molar-refractivity contribution is 0.284. The van der Waals surface area contributed by atoms with Crippen molar-refractivity contribution in [2.45, 2.75) is 25.8 Å². The first kappa shape index (κ1) is 9.81. The van der Waals surface area contributed by atoms with Crippen LogP contribution in [0.5, 0.6) is 5.75 Å². The number of fused-ring (bicyclic) bond motifs is 1. The van der Waals surface area contributed by atoms with Crippen LogP contribution in [0.1, 0.15) is 30.5 Å². The number of hydrogen-bond donors (Lipinski definition) is 1. The second-order valence-corrected chi connectivity index (χ2v) is 4.16. The van der Waals surface area contributed by atoms with Gasteiger partial charge in [-0.2, -0.15) is 0 Å². The van der Waals surface area contributed by atoms with E-state index in [0.717, 1.165) is 35.8 Å². The average molecular weight is 212 g/mol. The molecule has 0 amide bonds. The summed E-state index contributed by atoms with van der Waals surface area (Å²) >= 11 is 6.01. The molecule has 1 aromatic carbocycles. The Morgan fingerprint density at radius 1 is 1.50 bits per heavy atom. The molecule has 1 aromatic rings. The van der Waals surface area contributed by atoms with Crippen LogP contribution in [-0.4, -0.2) is 6.61 Å². The van der Waals surface area contributed by atoms with Gasteiger partial charge in [0.05, 0.1) is 6.61 Å². The first-order valence-corrected chi connectivity index (χ1v) is 5.27. The summed E-state index contributed by atoms with van der Waals surface area (Å²) in [7, 11) is 0. The molecule has 0 aromatic heterocycles. The highest BCUT2D eigenvalue weighted by atomic mass is 35.5. The van der Waals surface area contributed by atoms with E-state index in [4.69, 9.17) is 22.1 Å². The SMILES string of the molecule is C[C@@H](N)c1cc(Cl)cc2c1OCCC2. The highest BCUT2D eigenvalue weighted by molar-refractivity contribution is 6.30. The topological polar surface area (TPSA) is 35.2 Å². The third-order valence-corrected chi connectivity index (χ3v) is 2.70. The van der Waals surface area contributed by atoms with E-state index < -0.39 is 0 Å². The Morgan fingerprint density at radius 2 is 2.29 bits per heavy atom. The van der Waals surface area contributed by atoms with Crippen LogP contribution in [0.25, 0.3) is 0 Å². The Kier molecular flexibility index (Phi) is 2.66. The minimum absolute atomic E-state index is 0.0273. The first-order chi connectivity index (χ1) is 6.68. The van der Waals surface area contributed by atoms with E-state index in [1.807, 2.05) is 19.1 Å². The van der Waals surface area contributed by atoms with Crippen LogP contribution in [-0.2, 0) is 6.42 Å². The van der Waals surface area contributed by atoms with Gasteiger partial charge in [0, 0.05) is 16.6 Å². The summed E-state index contributed by atoms with van der Waals surface area (Å²) in [6, 6.07) is 3.85. The molecule has 2 nitrogen and oxygen atoms in total. The smallest absolute Gasteiger partial charge is 0.127 e. The fraction of sp³-hybridized carbons (Fsp3) is 0.455. The second-order valence-electron chi connectivity index (χ2n) is 3.72. The zero-order valence-corrected chi connectivity index (χ0v) is 8.97. The lowest BCUT2D eigenvalue weighted by Gasteiger charge is -2.22. The Hall–Kier alpha value is -0.730. The number of ether oxygens (including phenoxy) is 1. The van der Waals surface area contributed by atoms with Gasteiger partial charge in [0.15, 0.2) is 0 Å². The summed E-state index contributed by atoms with van der Waals surface area (Å²) in [5.41, 5.74) is 8.08. The molecular weight excluding hydrogens is 198 g/mol. The Balaban J connectivity index is 2.52. The van der Waals surface area contributed by atoms with Crippen molar-refractivity contribution in [1.29, 1.82) is 0 Å². The van der Waals surface area contributed by atoms with Gasteiger partial charge in [-0.1, -0.05) is 11.6 Å². The molecule has 0 radical (unpaired) electrons. The molecule has 1 atom stereocenters. The predicted octanol–water partition coefficient (Wildman–Crippen LogP) is 2.68. The number of benzene rings is 1. The zero-order valence-electron chi connectivity index (χ0n) is 8.22. The van der Waals surface area contributed by atoms with E-state index in [2.05, 4.69) is 0 Å². The maximum absolute atomic E-state index is 6.01. The van der Waals surface area contributed by atoms with E-state index >= 15 is 0 Å². The molecular formula is C11H14ClNO. The van der Waals surface area contributed by atoms with Gasteiger partial charge < -0.3 is 10.5 Å². The number of rotatable bonds is 1. The van der Waals surface area contributed by atoms with E-state index in [1.165, 1.54) is 5.56 Å². The molecule has 0 spiro atoms. The summed E-state index contributed by atoms with van der Waals surface area (Å²) in [5, 5.41) is 0.751. The van der Waals surface area contributed by atoms with Crippen LogP contribution in [0.3, 0.4) is 0 Å². The first-order valence-electron chi connectivity index (χ1n) is 4.89. The Labute approximate surface area is 89.0 Å². The van der Waals surface area contributed by atoms with E-state index in [1.54, 1.807) is 0 Å². The standard InChI is InChI=1S/C11H14ClNO/c1-7(13)10-6-9(12)5-8-3-2-4-14-11(8)10/h5-7H,2-4,13H2,1H3/t7-/m1/s1. The molecule has 0 unspecified atom stereocenters. The van der Waals surface area contributed by atoms with E-state index in [9.17, 15) is 0 Å². The van der Waals surface area contributed by atoms with Gasteiger partial charge in [0.1, 0.15) is 5.75 Å². The van der Waals surface area contributed by atoms with Gasteiger partial charge in [-0.05, 0) is 37.5 Å². The van der Waals surface area contributed by atoms with Gasteiger partial charge >= 0.3 is 0 Å². The molecule has 14 heavy (non-hydrogen) atoms. The Morgan fingerprint density at radius 3 is 3.00 bits per heavy atom. The molecule has 1 aliphatic heterocycles. The van der Waals surface area contributed by atoms with Crippen molar-refractivity contribution in [1.82, 2.24) is 0 Å². The van der Waals surface area contributed by atoms with Crippen molar-refractivity contribution in [2.75, 3.05) is 6.61 Å². The molecule has 76 valence electrons. The normalized spacial score (nSPS) is 17.1. The van der Waals surface area contributed by atoms with Crippen LogP contribution >= 0.6 is 11.6 Å². The molecule has 0 saturated carbocycles. The van der Waals surface area contributed by atoms with Gasteiger partial charge in [0.25, 0.3) is 0 Å². The number of hydrogen-bond acceptors (Lipinski definition) is 2. The third kappa shape index (κ3) is 1.72. The van der Waals surface area contributed by atoms with Crippen molar-refractivity contribution in [2.24, 2.45) is 5.73 Å². The highest BCUT2D eigenvalue weighted by Crippen LogP contribution is 2.34. The summed E-state index contributed by atoms with van der Waals surface area (Å²) < 4.78 is 5.63. The molecule has 2 N–H and O–H groups in total. The zero-order chi connectivity index (χ0) is 10.1. The molecule has 3 heteroatoms. The molecule has 0 fully saturated rings. The van der Waals surface area contributed by atoms with Gasteiger partial charge in [0.2, 0.25) is 0 Å². The van der Waals surface area contributed by atoms with Gasteiger partial charge in [-0.25, -0.2) is 0 Å². The minimum atomic E-state index is -0.0273. The van der Waals surface area contributed by atoms with Crippen molar-refractivity contribution in [3.63, 3.8) is 0 Å². The van der Waals surface area contributed by atoms with Crippen LogP contribution in [0.15, 0.2) is 12.1 Å². The summed E-state index contributed by atoms with van der Waals surface area (Å²) in [5.74, 6) is 0.954. The van der Waals surface area contributed by atoms with Gasteiger partial charge in [-0.15, -0.1) is 0 Å². The summed E-state index contributed by atoms with van der Waals surface area (Å²) in [4.78, 5) is 0. The highest BCUT2D eigenvalue weighted by Gasteiger charge is 2.17. The van der Waals surface area contributed by atoms with E-state index in [0.29, 0.717) is 0 Å². The lowest BCUT2D eigenvalue weighted by atomic mass is 9.99. The van der Waals surface area contributed by atoms with Crippen molar-refractivity contribution < 1.29 is 4.74 Å². The number of nitrogens with two attached hydrogens (primary N) is 1. The average Bonchev–Trinajstić information content (AvgIpc) is 2.16. The van der Waals surface area contributed by atoms with Crippen molar-refractivity contribution >= 4 is 11.6 Å². The monoisotopic (exact) mass is 211 g/mol. The summed E-state index contributed by atoms with van der Waals surface area (Å²) in [6.07, 6.45) is 2.10. The fourth-order valence-electron chi connectivity index (χ4n) is 1.81. The molecule has 1 aliphatic rings. The van der Waals surface area contributed by atoms with Crippen LogP contribution in [0.2, 0.25) is 5.02 Å². The molecule has 2 rings (SSSR count). The molecule has 1 heterocycles. The second kappa shape index (κ2) is 3.79. The largest absolute Gasteiger partial charge is 0.493 e. The predicted molar refractivity (Wildman–Crippen MR) is 57.9 cm³/mol. The molecule has 0 saturated heterocycles. The third-order valence-electron chi connectivity index (χ3n) is 2.49. The fourth-order valence-corrected chi connectivity index (χ4v) is 2.06. The maximum Gasteiger partial charge on any atom is 0.127 e.